The third-order valence-corrected chi connectivity index (χ3v) is 3.95. The van der Waals surface area contributed by atoms with Crippen molar-refractivity contribution in [1.29, 1.82) is 0 Å². The lowest BCUT2D eigenvalue weighted by atomic mass is 9.66. The second-order valence-electron chi connectivity index (χ2n) is 5.80. The molecule has 0 fully saturated rings. The van der Waals surface area contributed by atoms with Crippen molar-refractivity contribution in [3.8, 4) is 0 Å². The van der Waals surface area contributed by atoms with Gasteiger partial charge >= 0.3 is 12.1 Å². The van der Waals surface area contributed by atoms with Crippen molar-refractivity contribution in [3.63, 3.8) is 0 Å². The molecule has 1 aliphatic carbocycles. The van der Waals surface area contributed by atoms with E-state index in [2.05, 4.69) is 0 Å². The number of alkyl halides is 3. The van der Waals surface area contributed by atoms with Gasteiger partial charge in [0.15, 0.2) is 17.5 Å². The zero-order chi connectivity index (χ0) is 17.6. The highest BCUT2D eigenvalue weighted by Crippen LogP contribution is 2.40. The van der Waals surface area contributed by atoms with Crippen molar-refractivity contribution in [2.24, 2.45) is 5.92 Å². The molecular weight excluding hydrogens is 313 g/mol. The highest BCUT2D eigenvalue weighted by Gasteiger charge is 2.50. The molecule has 1 aliphatic rings. The molecule has 0 aliphatic heterocycles. The average Bonchev–Trinajstić information content (AvgIpc) is 2.44. The van der Waals surface area contributed by atoms with Gasteiger partial charge in [0.2, 0.25) is 0 Å². The second kappa shape index (κ2) is 5.47. The van der Waals surface area contributed by atoms with Crippen molar-refractivity contribution in [3.05, 3.63) is 34.9 Å². The Bertz CT molecular complexity index is 689. The summed E-state index contributed by atoms with van der Waals surface area (Å²) in [7, 11) is 0. The molecule has 0 amide bonds. The predicted molar refractivity (Wildman–Crippen MR) is 73.9 cm³/mol. The molecule has 0 aromatic heterocycles. The molecule has 4 nitrogen and oxygen atoms in total. The van der Waals surface area contributed by atoms with E-state index >= 15 is 0 Å². The van der Waals surface area contributed by atoms with Gasteiger partial charge in [0.25, 0.3) is 0 Å². The molecule has 1 aromatic carbocycles. The highest BCUT2D eigenvalue weighted by molar-refractivity contribution is 6.27. The van der Waals surface area contributed by atoms with Crippen LogP contribution in [0.5, 0.6) is 0 Å². The van der Waals surface area contributed by atoms with Gasteiger partial charge in [-0.05, 0) is 38.5 Å². The maximum Gasteiger partial charge on any atom is 0.416 e. The Hall–Kier alpha value is -2.18. The summed E-state index contributed by atoms with van der Waals surface area (Å²) in [6.45, 7) is 4.32. The molecule has 0 saturated heterocycles. The van der Waals surface area contributed by atoms with Crippen molar-refractivity contribution in [2.75, 3.05) is 6.61 Å². The lowest BCUT2D eigenvalue weighted by Crippen LogP contribution is -2.48. The van der Waals surface area contributed by atoms with Crippen LogP contribution in [0.15, 0.2) is 18.2 Å². The number of carbonyl (C=O) groups is 3. The van der Waals surface area contributed by atoms with E-state index in [-0.39, 0.29) is 17.7 Å². The van der Waals surface area contributed by atoms with Gasteiger partial charge in [-0.15, -0.1) is 0 Å². The first-order valence-corrected chi connectivity index (χ1v) is 6.98. The quantitative estimate of drug-likeness (QED) is 0.619. The van der Waals surface area contributed by atoms with Gasteiger partial charge in [-0.2, -0.15) is 13.2 Å². The van der Waals surface area contributed by atoms with Gasteiger partial charge in [0.1, 0.15) is 0 Å². The maximum atomic E-state index is 12.9. The number of fused-ring (bicyclic) bond motifs is 1. The lowest BCUT2D eigenvalue weighted by Gasteiger charge is -2.34. The Labute approximate surface area is 130 Å². The van der Waals surface area contributed by atoms with Crippen molar-refractivity contribution >= 4 is 17.5 Å². The highest BCUT2D eigenvalue weighted by atomic mass is 19.4. The Balaban J connectivity index is 2.61. The summed E-state index contributed by atoms with van der Waals surface area (Å²) in [6.07, 6.45) is -4.59. The van der Waals surface area contributed by atoms with Crippen LogP contribution < -0.4 is 0 Å². The van der Waals surface area contributed by atoms with Crippen LogP contribution in [0.3, 0.4) is 0 Å². The van der Waals surface area contributed by atoms with Crippen LogP contribution in [0, 0.1) is 5.92 Å². The SMILES string of the molecule is CCOC(=O)C1C(=O)c2ccc(C(F)(F)F)cc2C(C)(C)C1=O. The first-order valence-electron chi connectivity index (χ1n) is 6.98. The number of benzene rings is 1. The standard InChI is InChI=1S/C16H15F3O4/c1-4-23-14(22)11-12(20)9-6-5-8(16(17,18)19)7-10(9)15(2,3)13(11)21/h5-7,11H,4H2,1-3H3. The number of ether oxygens (including phenoxy) is 1. The van der Waals surface area contributed by atoms with Crippen LogP contribution >= 0.6 is 0 Å². The number of hydrogen-bond donors (Lipinski definition) is 0. The number of carbonyl (C=O) groups excluding carboxylic acids is 3. The minimum atomic E-state index is -4.59. The molecule has 0 spiro atoms. The van der Waals surface area contributed by atoms with Crippen LogP contribution in [0.4, 0.5) is 13.2 Å². The van der Waals surface area contributed by atoms with Crippen LogP contribution in [-0.2, 0) is 25.9 Å². The smallest absolute Gasteiger partial charge is 0.416 e. The Kier molecular flexibility index (Phi) is 4.09. The Morgan fingerprint density at radius 1 is 1.26 bits per heavy atom. The summed E-state index contributed by atoms with van der Waals surface area (Å²) in [5.41, 5.74) is -2.43. The molecule has 0 heterocycles. The van der Waals surface area contributed by atoms with Gasteiger partial charge in [-0.25, -0.2) is 0 Å². The van der Waals surface area contributed by atoms with Gasteiger partial charge in [0.05, 0.1) is 17.6 Å². The number of Topliss-reactive ketones (excluding diaryl/α,β-unsaturated/α-hetero) is 2. The Morgan fingerprint density at radius 2 is 1.87 bits per heavy atom. The topological polar surface area (TPSA) is 60.4 Å². The third-order valence-electron chi connectivity index (χ3n) is 3.95. The molecule has 124 valence electrons. The number of rotatable bonds is 2. The number of ketones is 2. The minimum absolute atomic E-state index is 0.00378. The van der Waals surface area contributed by atoms with E-state index in [9.17, 15) is 27.6 Å². The van der Waals surface area contributed by atoms with Crippen molar-refractivity contribution < 1.29 is 32.3 Å². The fourth-order valence-electron chi connectivity index (χ4n) is 2.66. The zero-order valence-corrected chi connectivity index (χ0v) is 12.8. The fraction of sp³-hybridized carbons (Fsp3) is 0.438. The van der Waals surface area contributed by atoms with Crippen LogP contribution in [-0.4, -0.2) is 24.1 Å². The van der Waals surface area contributed by atoms with E-state index in [1.54, 1.807) is 0 Å². The average molecular weight is 328 g/mol. The largest absolute Gasteiger partial charge is 0.465 e. The molecular formula is C16H15F3O4. The number of halogens is 3. The first-order chi connectivity index (χ1) is 10.5. The molecule has 0 N–H and O–H groups in total. The van der Waals surface area contributed by atoms with E-state index in [1.165, 1.54) is 20.8 Å². The van der Waals surface area contributed by atoms with Crippen molar-refractivity contribution in [2.45, 2.75) is 32.4 Å². The van der Waals surface area contributed by atoms with Crippen molar-refractivity contribution in [1.82, 2.24) is 0 Å². The number of hydrogen-bond acceptors (Lipinski definition) is 4. The molecule has 0 radical (unpaired) electrons. The lowest BCUT2D eigenvalue weighted by molar-refractivity contribution is -0.151. The van der Waals surface area contributed by atoms with E-state index in [0.717, 1.165) is 18.2 Å². The summed E-state index contributed by atoms with van der Waals surface area (Å²) in [6, 6.07) is 2.58. The molecule has 7 heteroatoms. The van der Waals surface area contributed by atoms with E-state index < -0.39 is 40.6 Å². The molecule has 0 bridgehead atoms. The molecule has 1 aromatic rings. The second-order valence-corrected chi connectivity index (χ2v) is 5.80. The summed E-state index contributed by atoms with van der Waals surface area (Å²) in [5, 5.41) is 0. The van der Waals surface area contributed by atoms with E-state index in [0.29, 0.717) is 0 Å². The molecule has 1 atom stereocenters. The van der Waals surface area contributed by atoms with Gasteiger partial charge in [0, 0.05) is 5.56 Å². The van der Waals surface area contributed by atoms with Crippen LogP contribution in [0.1, 0.15) is 42.3 Å². The third kappa shape index (κ3) is 2.75. The van der Waals surface area contributed by atoms with Gasteiger partial charge in [-0.3, -0.25) is 14.4 Å². The van der Waals surface area contributed by atoms with E-state index in [1.807, 2.05) is 0 Å². The molecule has 2 rings (SSSR count). The minimum Gasteiger partial charge on any atom is -0.465 e. The summed E-state index contributed by atoms with van der Waals surface area (Å²) in [5.74, 6) is -4.18. The van der Waals surface area contributed by atoms with E-state index in [4.69, 9.17) is 4.74 Å². The summed E-state index contributed by atoms with van der Waals surface area (Å²) < 4.78 is 43.3. The molecule has 0 saturated carbocycles. The number of esters is 1. The maximum absolute atomic E-state index is 12.9. The predicted octanol–water partition coefficient (Wildman–Crippen LogP) is 2.93. The Morgan fingerprint density at radius 3 is 2.39 bits per heavy atom. The summed E-state index contributed by atoms with van der Waals surface area (Å²) >= 11 is 0. The first kappa shape index (κ1) is 17.2. The summed E-state index contributed by atoms with van der Waals surface area (Å²) in [4.78, 5) is 36.8. The molecule has 1 unspecified atom stereocenters. The molecule has 23 heavy (non-hydrogen) atoms. The fourth-order valence-corrected chi connectivity index (χ4v) is 2.66. The van der Waals surface area contributed by atoms with Gasteiger partial charge < -0.3 is 4.74 Å². The normalized spacial score (nSPS) is 20.2. The van der Waals surface area contributed by atoms with Gasteiger partial charge in [-0.1, -0.05) is 6.07 Å². The zero-order valence-electron chi connectivity index (χ0n) is 12.8. The van der Waals surface area contributed by atoms with Crippen LogP contribution in [0.25, 0.3) is 0 Å². The monoisotopic (exact) mass is 328 g/mol. The van der Waals surface area contributed by atoms with Crippen LogP contribution in [0.2, 0.25) is 0 Å².